The Labute approximate surface area is 192 Å². The lowest BCUT2D eigenvalue weighted by Gasteiger charge is -2.14. The van der Waals surface area contributed by atoms with Crippen LogP contribution in [0.5, 0.6) is 17.2 Å². The van der Waals surface area contributed by atoms with E-state index in [0.717, 1.165) is 16.7 Å². The number of ketones is 1. The first-order chi connectivity index (χ1) is 14.7. The van der Waals surface area contributed by atoms with Crippen molar-refractivity contribution in [3.63, 3.8) is 0 Å². The van der Waals surface area contributed by atoms with Crippen LogP contribution in [0.2, 0.25) is 10.0 Å². The van der Waals surface area contributed by atoms with Gasteiger partial charge in [0.2, 0.25) is 0 Å². The molecular formula is C25H24Cl2O4. The number of carbonyl (C=O) groups excluding carboxylic acids is 1. The molecule has 0 spiro atoms. The minimum atomic E-state index is -0.178. The standard InChI is InChI=1S/C25H24Cl2O4/c1-15(2)20-9-16(7-8-25(20)30)10-21-22(26)12-19(13-23(21)27)31-14-18(28)11-17-5-3-4-6-24(17)29/h3-9,12-13,15,29-30H,10-11,14H2,1-2H3. The number of hydrogen-bond donors (Lipinski definition) is 2. The Balaban J connectivity index is 1.68. The van der Waals surface area contributed by atoms with E-state index >= 15 is 0 Å². The van der Waals surface area contributed by atoms with Gasteiger partial charge in [-0.1, -0.05) is 67.4 Å². The van der Waals surface area contributed by atoms with Gasteiger partial charge in [0.25, 0.3) is 0 Å². The van der Waals surface area contributed by atoms with E-state index in [4.69, 9.17) is 27.9 Å². The van der Waals surface area contributed by atoms with E-state index in [1.54, 1.807) is 42.5 Å². The number of hydrogen-bond acceptors (Lipinski definition) is 4. The summed E-state index contributed by atoms with van der Waals surface area (Å²) in [4.78, 5) is 12.2. The van der Waals surface area contributed by atoms with Crippen molar-refractivity contribution in [3.8, 4) is 17.2 Å². The fourth-order valence-electron chi connectivity index (χ4n) is 3.30. The van der Waals surface area contributed by atoms with Crippen molar-refractivity contribution < 1.29 is 19.7 Å². The summed E-state index contributed by atoms with van der Waals surface area (Å²) in [5.41, 5.74) is 3.15. The van der Waals surface area contributed by atoms with Gasteiger partial charge in [0.05, 0.1) is 0 Å². The maximum Gasteiger partial charge on any atom is 0.174 e. The van der Waals surface area contributed by atoms with Crippen molar-refractivity contribution in [2.24, 2.45) is 0 Å². The number of ether oxygens (including phenoxy) is 1. The molecule has 0 atom stereocenters. The molecule has 0 aliphatic rings. The van der Waals surface area contributed by atoms with Crippen LogP contribution in [-0.4, -0.2) is 22.6 Å². The van der Waals surface area contributed by atoms with Crippen molar-refractivity contribution >= 4 is 29.0 Å². The minimum absolute atomic E-state index is 0.0747. The molecule has 0 aromatic heterocycles. The van der Waals surface area contributed by atoms with Gasteiger partial charge in [-0.15, -0.1) is 0 Å². The second-order valence-electron chi connectivity index (χ2n) is 7.72. The molecule has 0 fully saturated rings. The normalized spacial score (nSPS) is 11.0. The van der Waals surface area contributed by atoms with Gasteiger partial charge in [-0.05, 0) is 46.9 Å². The number of benzene rings is 3. The molecule has 3 rings (SSSR count). The van der Waals surface area contributed by atoms with Crippen LogP contribution in [-0.2, 0) is 17.6 Å². The summed E-state index contributed by atoms with van der Waals surface area (Å²) < 4.78 is 5.58. The van der Waals surface area contributed by atoms with E-state index in [1.807, 2.05) is 26.0 Å². The summed E-state index contributed by atoms with van der Waals surface area (Å²) in [6.45, 7) is 3.88. The van der Waals surface area contributed by atoms with Crippen LogP contribution >= 0.6 is 23.2 Å². The molecule has 0 aliphatic heterocycles. The molecule has 6 heteroatoms. The zero-order chi connectivity index (χ0) is 22.5. The van der Waals surface area contributed by atoms with Crippen LogP contribution < -0.4 is 4.74 Å². The molecule has 0 aliphatic carbocycles. The molecule has 0 saturated carbocycles. The Morgan fingerprint density at radius 3 is 2.29 bits per heavy atom. The lowest BCUT2D eigenvalue weighted by molar-refractivity contribution is -0.120. The maximum atomic E-state index is 12.2. The van der Waals surface area contributed by atoms with Crippen LogP contribution in [0.4, 0.5) is 0 Å². The third kappa shape index (κ3) is 5.93. The number of rotatable bonds is 8. The Kier molecular flexibility index (Phi) is 7.47. The Hall–Kier alpha value is -2.69. The van der Waals surface area contributed by atoms with Gasteiger partial charge >= 0.3 is 0 Å². The van der Waals surface area contributed by atoms with E-state index in [1.165, 1.54) is 0 Å². The lowest BCUT2D eigenvalue weighted by atomic mass is 9.96. The molecule has 0 bridgehead atoms. The number of aromatic hydroxyl groups is 2. The minimum Gasteiger partial charge on any atom is -0.508 e. The Morgan fingerprint density at radius 1 is 0.968 bits per heavy atom. The van der Waals surface area contributed by atoms with Crippen molar-refractivity contribution in [2.75, 3.05) is 6.61 Å². The third-order valence-electron chi connectivity index (χ3n) is 4.99. The highest BCUT2D eigenvalue weighted by molar-refractivity contribution is 6.36. The number of halogens is 2. The Morgan fingerprint density at radius 2 is 1.65 bits per heavy atom. The SMILES string of the molecule is CC(C)c1cc(Cc2c(Cl)cc(OCC(=O)Cc3ccccc3O)cc2Cl)ccc1O. The van der Waals surface area contributed by atoms with Crippen molar-refractivity contribution in [3.05, 3.63) is 86.9 Å². The zero-order valence-corrected chi connectivity index (χ0v) is 18.9. The van der Waals surface area contributed by atoms with Gasteiger partial charge in [-0.25, -0.2) is 0 Å². The maximum absolute atomic E-state index is 12.2. The summed E-state index contributed by atoms with van der Waals surface area (Å²) in [6.07, 6.45) is 0.579. The highest BCUT2D eigenvalue weighted by Gasteiger charge is 2.14. The summed E-state index contributed by atoms with van der Waals surface area (Å²) in [5.74, 6) is 0.771. The molecule has 0 radical (unpaired) electrons. The van der Waals surface area contributed by atoms with E-state index in [-0.39, 0.29) is 36.2 Å². The van der Waals surface area contributed by atoms with E-state index in [2.05, 4.69) is 0 Å². The summed E-state index contributed by atoms with van der Waals surface area (Å²) in [5, 5.41) is 20.7. The molecule has 0 unspecified atom stereocenters. The number of para-hydroxylation sites is 1. The summed E-state index contributed by atoms with van der Waals surface area (Å²) in [6, 6.07) is 15.5. The van der Waals surface area contributed by atoms with E-state index < -0.39 is 0 Å². The van der Waals surface area contributed by atoms with Gasteiger partial charge in [0, 0.05) is 28.5 Å². The lowest BCUT2D eigenvalue weighted by Crippen LogP contribution is -2.14. The molecule has 3 aromatic carbocycles. The highest BCUT2D eigenvalue weighted by Crippen LogP contribution is 2.34. The molecule has 162 valence electrons. The third-order valence-corrected chi connectivity index (χ3v) is 5.66. The van der Waals surface area contributed by atoms with Crippen LogP contribution in [0, 0.1) is 0 Å². The first-order valence-electron chi connectivity index (χ1n) is 9.95. The zero-order valence-electron chi connectivity index (χ0n) is 17.4. The van der Waals surface area contributed by atoms with Crippen molar-refractivity contribution in [1.29, 1.82) is 0 Å². The predicted octanol–water partition coefficient (Wildman–Crippen LogP) is 6.31. The molecule has 2 N–H and O–H groups in total. The van der Waals surface area contributed by atoms with Gasteiger partial charge in [0.15, 0.2) is 5.78 Å². The fourth-order valence-corrected chi connectivity index (χ4v) is 3.90. The second kappa shape index (κ2) is 10.1. The molecule has 31 heavy (non-hydrogen) atoms. The average molecular weight is 459 g/mol. The second-order valence-corrected chi connectivity index (χ2v) is 8.54. The van der Waals surface area contributed by atoms with Gasteiger partial charge < -0.3 is 14.9 Å². The largest absolute Gasteiger partial charge is 0.508 e. The monoisotopic (exact) mass is 458 g/mol. The summed E-state index contributed by atoms with van der Waals surface area (Å²) in [7, 11) is 0. The van der Waals surface area contributed by atoms with E-state index in [9.17, 15) is 15.0 Å². The van der Waals surface area contributed by atoms with Crippen LogP contribution in [0.15, 0.2) is 54.6 Å². The van der Waals surface area contributed by atoms with Crippen molar-refractivity contribution in [1.82, 2.24) is 0 Å². The first kappa shape index (κ1) is 23.0. The van der Waals surface area contributed by atoms with Crippen LogP contribution in [0.1, 0.15) is 42.0 Å². The van der Waals surface area contributed by atoms with Gasteiger partial charge in [-0.3, -0.25) is 4.79 Å². The summed E-state index contributed by atoms with van der Waals surface area (Å²) >= 11 is 12.9. The molecule has 0 heterocycles. The first-order valence-corrected chi connectivity index (χ1v) is 10.7. The average Bonchev–Trinajstić information content (AvgIpc) is 2.72. The number of phenols is 2. The van der Waals surface area contributed by atoms with E-state index in [0.29, 0.717) is 27.8 Å². The molecular weight excluding hydrogens is 435 g/mol. The smallest absolute Gasteiger partial charge is 0.174 e. The van der Waals surface area contributed by atoms with Gasteiger partial charge in [0.1, 0.15) is 23.9 Å². The molecule has 0 amide bonds. The predicted molar refractivity (Wildman–Crippen MR) is 124 cm³/mol. The van der Waals surface area contributed by atoms with Crippen LogP contribution in [0.3, 0.4) is 0 Å². The number of carbonyl (C=O) groups is 1. The number of Topliss-reactive ketones (excluding diaryl/α,β-unsaturated/α-hetero) is 1. The number of phenolic OH excluding ortho intramolecular Hbond substituents is 2. The quantitative estimate of drug-likeness (QED) is 0.414. The van der Waals surface area contributed by atoms with Crippen molar-refractivity contribution in [2.45, 2.75) is 32.6 Å². The molecule has 3 aromatic rings. The topological polar surface area (TPSA) is 66.8 Å². The fraction of sp³-hybridized carbons (Fsp3) is 0.240. The molecule has 4 nitrogen and oxygen atoms in total. The van der Waals surface area contributed by atoms with Gasteiger partial charge in [-0.2, -0.15) is 0 Å². The molecule has 0 saturated heterocycles. The Bertz CT molecular complexity index is 1070. The van der Waals surface area contributed by atoms with Crippen LogP contribution in [0.25, 0.3) is 0 Å². The highest BCUT2D eigenvalue weighted by atomic mass is 35.5.